The van der Waals surface area contributed by atoms with Gasteiger partial charge in [-0.1, -0.05) is 6.92 Å². The third-order valence-corrected chi connectivity index (χ3v) is 3.55. The molecule has 0 spiro atoms. The highest BCUT2D eigenvalue weighted by Gasteiger charge is 2.21. The van der Waals surface area contributed by atoms with Gasteiger partial charge in [0.2, 0.25) is 0 Å². The maximum absolute atomic E-state index is 4.72. The van der Waals surface area contributed by atoms with Crippen LogP contribution in [0.3, 0.4) is 0 Å². The van der Waals surface area contributed by atoms with E-state index in [2.05, 4.69) is 22.2 Å². The molecule has 1 unspecified atom stereocenters. The highest BCUT2D eigenvalue weighted by Crippen LogP contribution is 2.29. The van der Waals surface area contributed by atoms with Gasteiger partial charge >= 0.3 is 0 Å². The minimum absolute atomic E-state index is 0.414. The number of hydrogen-bond acceptors (Lipinski definition) is 4. The number of nitrogens with zero attached hydrogens (tertiary/aromatic N) is 3. The molecular weight excluding hydrogens is 236 g/mol. The summed E-state index contributed by atoms with van der Waals surface area (Å²) in [7, 11) is 0. The van der Waals surface area contributed by atoms with E-state index < -0.39 is 0 Å². The van der Waals surface area contributed by atoms with Gasteiger partial charge in [-0.05, 0) is 37.9 Å². The molecule has 1 atom stereocenters. The van der Waals surface area contributed by atoms with Gasteiger partial charge in [0.05, 0.1) is 0 Å². The molecule has 1 N–H and O–H groups in total. The molecule has 4 heteroatoms. The Hall–Kier alpha value is -1.81. The molecule has 0 aromatic carbocycles. The SMILES string of the molecule is CCNC1CCCc2nc(-c3cccnc3)ncc21. The van der Waals surface area contributed by atoms with Crippen molar-refractivity contribution in [1.29, 1.82) is 0 Å². The quantitative estimate of drug-likeness (QED) is 0.914. The summed E-state index contributed by atoms with van der Waals surface area (Å²) < 4.78 is 0. The monoisotopic (exact) mass is 254 g/mol. The standard InChI is InChI=1S/C15H18N4/c1-2-17-13-6-3-7-14-12(13)10-18-15(19-14)11-5-4-8-16-9-11/h4-5,8-10,13,17H,2-3,6-7H2,1H3. The normalized spacial score (nSPS) is 18.1. The van der Waals surface area contributed by atoms with Crippen molar-refractivity contribution < 1.29 is 0 Å². The zero-order chi connectivity index (χ0) is 13.1. The minimum atomic E-state index is 0.414. The lowest BCUT2D eigenvalue weighted by atomic mass is 9.92. The zero-order valence-electron chi connectivity index (χ0n) is 11.1. The van der Waals surface area contributed by atoms with E-state index in [1.54, 1.807) is 6.20 Å². The topological polar surface area (TPSA) is 50.7 Å². The van der Waals surface area contributed by atoms with Crippen molar-refractivity contribution in [3.8, 4) is 11.4 Å². The molecule has 4 nitrogen and oxygen atoms in total. The van der Waals surface area contributed by atoms with Crippen LogP contribution < -0.4 is 5.32 Å². The molecule has 0 fully saturated rings. The average Bonchev–Trinajstić information content (AvgIpc) is 2.48. The van der Waals surface area contributed by atoms with Gasteiger partial charge < -0.3 is 5.32 Å². The number of aromatic nitrogens is 3. The summed E-state index contributed by atoms with van der Waals surface area (Å²) >= 11 is 0. The van der Waals surface area contributed by atoms with E-state index in [4.69, 9.17) is 4.98 Å². The van der Waals surface area contributed by atoms with E-state index in [0.29, 0.717) is 6.04 Å². The summed E-state index contributed by atoms with van der Waals surface area (Å²) in [5.41, 5.74) is 3.43. The van der Waals surface area contributed by atoms with Gasteiger partial charge in [0.15, 0.2) is 5.82 Å². The van der Waals surface area contributed by atoms with Crippen molar-refractivity contribution in [3.05, 3.63) is 42.0 Å². The molecule has 98 valence electrons. The first-order valence-corrected chi connectivity index (χ1v) is 6.88. The smallest absolute Gasteiger partial charge is 0.160 e. The Bertz CT molecular complexity index is 553. The van der Waals surface area contributed by atoms with Crippen molar-refractivity contribution >= 4 is 0 Å². The second-order valence-corrected chi connectivity index (χ2v) is 4.84. The maximum atomic E-state index is 4.72. The Morgan fingerprint density at radius 1 is 1.37 bits per heavy atom. The van der Waals surface area contributed by atoms with Crippen LogP contribution in [0.2, 0.25) is 0 Å². The molecule has 0 amide bonds. The minimum Gasteiger partial charge on any atom is -0.310 e. The number of hydrogen-bond donors (Lipinski definition) is 1. The summed E-state index contributed by atoms with van der Waals surface area (Å²) in [5.74, 6) is 0.781. The van der Waals surface area contributed by atoms with Gasteiger partial charge in [0, 0.05) is 41.5 Å². The van der Waals surface area contributed by atoms with Gasteiger partial charge in [0.25, 0.3) is 0 Å². The Morgan fingerprint density at radius 3 is 3.11 bits per heavy atom. The first-order valence-electron chi connectivity index (χ1n) is 6.88. The van der Waals surface area contributed by atoms with Crippen LogP contribution in [0.25, 0.3) is 11.4 Å². The van der Waals surface area contributed by atoms with Crippen LogP contribution >= 0.6 is 0 Å². The molecule has 2 heterocycles. The number of pyridine rings is 1. The average molecular weight is 254 g/mol. The molecule has 0 saturated heterocycles. The molecule has 0 aliphatic heterocycles. The molecule has 0 saturated carbocycles. The Balaban J connectivity index is 1.96. The van der Waals surface area contributed by atoms with E-state index in [1.807, 2.05) is 24.5 Å². The first kappa shape index (κ1) is 12.2. The summed E-state index contributed by atoms with van der Waals surface area (Å²) in [6, 6.07) is 4.33. The van der Waals surface area contributed by atoms with Crippen LogP contribution in [0.15, 0.2) is 30.7 Å². The van der Waals surface area contributed by atoms with Crippen LogP contribution in [-0.2, 0) is 6.42 Å². The van der Waals surface area contributed by atoms with Gasteiger partial charge in [-0.2, -0.15) is 0 Å². The van der Waals surface area contributed by atoms with E-state index in [-0.39, 0.29) is 0 Å². The van der Waals surface area contributed by atoms with Crippen LogP contribution in [-0.4, -0.2) is 21.5 Å². The predicted molar refractivity (Wildman–Crippen MR) is 74.6 cm³/mol. The van der Waals surface area contributed by atoms with Crippen molar-refractivity contribution in [3.63, 3.8) is 0 Å². The Labute approximate surface area is 113 Å². The fraction of sp³-hybridized carbons (Fsp3) is 0.400. The molecule has 3 rings (SSSR count). The molecule has 1 aliphatic carbocycles. The fourth-order valence-corrected chi connectivity index (χ4v) is 2.64. The molecule has 19 heavy (non-hydrogen) atoms. The Kier molecular flexibility index (Phi) is 3.51. The lowest BCUT2D eigenvalue weighted by Gasteiger charge is -2.25. The van der Waals surface area contributed by atoms with Gasteiger partial charge in [-0.3, -0.25) is 4.98 Å². The van der Waals surface area contributed by atoms with Crippen LogP contribution in [0, 0.1) is 0 Å². The molecule has 2 aromatic rings. The van der Waals surface area contributed by atoms with Crippen LogP contribution in [0.4, 0.5) is 0 Å². The third kappa shape index (κ3) is 2.49. The number of rotatable bonds is 3. The van der Waals surface area contributed by atoms with Crippen LogP contribution in [0.1, 0.15) is 37.1 Å². The number of nitrogens with one attached hydrogen (secondary N) is 1. The highest BCUT2D eigenvalue weighted by atomic mass is 14.9. The first-order chi connectivity index (χ1) is 9.38. The number of fused-ring (bicyclic) bond motifs is 1. The van der Waals surface area contributed by atoms with Crippen molar-refractivity contribution in [2.75, 3.05) is 6.54 Å². The Morgan fingerprint density at radius 2 is 2.32 bits per heavy atom. The van der Waals surface area contributed by atoms with Crippen molar-refractivity contribution in [2.24, 2.45) is 0 Å². The van der Waals surface area contributed by atoms with E-state index in [9.17, 15) is 0 Å². The summed E-state index contributed by atoms with van der Waals surface area (Å²) in [4.78, 5) is 13.4. The van der Waals surface area contributed by atoms with E-state index in [0.717, 1.165) is 24.4 Å². The zero-order valence-corrected chi connectivity index (χ0v) is 11.1. The van der Waals surface area contributed by atoms with Crippen molar-refractivity contribution in [2.45, 2.75) is 32.2 Å². The van der Waals surface area contributed by atoms with E-state index >= 15 is 0 Å². The van der Waals surface area contributed by atoms with Gasteiger partial charge in [-0.25, -0.2) is 9.97 Å². The lowest BCUT2D eigenvalue weighted by Crippen LogP contribution is -2.25. The van der Waals surface area contributed by atoms with E-state index in [1.165, 1.54) is 24.1 Å². The molecular formula is C15H18N4. The summed E-state index contributed by atoms with van der Waals surface area (Å²) in [6.45, 7) is 3.12. The predicted octanol–water partition coefficient (Wildman–Crippen LogP) is 2.53. The molecule has 2 aromatic heterocycles. The second-order valence-electron chi connectivity index (χ2n) is 4.84. The fourth-order valence-electron chi connectivity index (χ4n) is 2.64. The number of aryl methyl sites for hydroxylation is 1. The summed E-state index contributed by atoms with van der Waals surface area (Å²) in [5, 5.41) is 3.51. The summed E-state index contributed by atoms with van der Waals surface area (Å²) in [6.07, 6.45) is 8.98. The van der Waals surface area contributed by atoms with Crippen molar-refractivity contribution in [1.82, 2.24) is 20.3 Å². The third-order valence-electron chi connectivity index (χ3n) is 3.55. The lowest BCUT2D eigenvalue weighted by molar-refractivity contribution is 0.464. The molecule has 0 radical (unpaired) electrons. The molecule has 0 bridgehead atoms. The van der Waals surface area contributed by atoms with Crippen LogP contribution in [0.5, 0.6) is 0 Å². The second kappa shape index (κ2) is 5.45. The molecule has 1 aliphatic rings. The maximum Gasteiger partial charge on any atom is 0.160 e. The van der Waals surface area contributed by atoms with Gasteiger partial charge in [0.1, 0.15) is 0 Å². The van der Waals surface area contributed by atoms with Gasteiger partial charge in [-0.15, -0.1) is 0 Å². The highest BCUT2D eigenvalue weighted by molar-refractivity contribution is 5.53. The largest absolute Gasteiger partial charge is 0.310 e.